The van der Waals surface area contributed by atoms with Crippen LogP contribution in [0.2, 0.25) is 0 Å². The first-order chi connectivity index (χ1) is 8.18. The van der Waals surface area contributed by atoms with E-state index in [2.05, 4.69) is 15.3 Å². The Balaban J connectivity index is 2.00. The molecule has 2 aromatic heterocycles. The molecule has 2 heterocycles. The molecule has 0 bridgehead atoms. The summed E-state index contributed by atoms with van der Waals surface area (Å²) >= 11 is 0. The average molecular weight is 233 g/mol. The number of likely N-dealkylation sites (N-methyl/N-ethyl adjacent to an activating group) is 1. The van der Waals surface area contributed by atoms with E-state index in [0.717, 1.165) is 5.56 Å². The average Bonchev–Trinajstić information content (AvgIpc) is 2.99. The van der Waals surface area contributed by atoms with Gasteiger partial charge in [-0.05, 0) is 13.0 Å². The van der Waals surface area contributed by atoms with Crippen LogP contribution in [0.15, 0.2) is 30.9 Å². The number of hydrogen-bond donors (Lipinski definition) is 1. The molecule has 0 radical (unpaired) electrons. The maximum Gasteiger partial charge on any atom is 0.247 e. The van der Waals surface area contributed by atoms with Crippen LogP contribution in [0.1, 0.15) is 18.5 Å². The Morgan fingerprint density at radius 1 is 1.65 bits per heavy atom. The van der Waals surface area contributed by atoms with Gasteiger partial charge in [0.25, 0.3) is 0 Å². The monoisotopic (exact) mass is 233 g/mol. The Morgan fingerprint density at radius 3 is 3.06 bits per heavy atom. The first-order valence-electron chi connectivity index (χ1n) is 5.40. The second kappa shape index (κ2) is 4.82. The SMILES string of the molecule is CC(C(=O)N(C)Cc1cn[nH]c1)n1cccn1. The molecule has 0 saturated carbocycles. The summed E-state index contributed by atoms with van der Waals surface area (Å²) in [6.45, 7) is 2.38. The largest absolute Gasteiger partial charge is 0.339 e. The third-order valence-electron chi connectivity index (χ3n) is 2.63. The number of nitrogens with zero attached hydrogens (tertiary/aromatic N) is 4. The van der Waals surface area contributed by atoms with Gasteiger partial charge >= 0.3 is 0 Å². The quantitative estimate of drug-likeness (QED) is 0.850. The molecule has 6 nitrogen and oxygen atoms in total. The van der Waals surface area contributed by atoms with Gasteiger partial charge in [0, 0.05) is 37.7 Å². The highest BCUT2D eigenvalue weighted by Gasteiger charge is 2.19. The fraction of sp³-hybridized carbons (Fsp3) is 0.364. The van der Waals surface area contributed by atoms with Crippen molar-refractivity contribution < 1.29 is 4.79 Å². The lowest BCUT2D eigenvalue weighted by Crippen LogP contribution is -2.32. The molecule has 0 spiro atoms. The molecule has 0 aliphatic heterocycles. The number of amides is 1. The predicted octanol–water partition coefficient (Wildman–Crippen LogP) is 0.826. The fourth-order valence-electron chi connectivity index (χ4n) is 1.66. The van der Waals surface area contributed by atoms with Gasteiger partial charge in [0.2, 0.25) is 5.91 Å². The van der Waals surface area contributed by atoms with Crippen LogP contribution in [-0.4, -0.2) is 37.8 Å². The number of hydrogen-bond acceptors (Lipinski definition) is 3. The molecule has 1 atom stereocenters. The molecule has 6 heteroatoms. The highest BCUT2D eigenvalue weighted by Crippen LogP contribution is 2.09. The van der Waals surface area contributed by atoms with Crippen LogP contribution in [0.5, 0.6) is 0 Å². The lowest BCUT2D eigenvalue weighted by molar-refractivity contribution is -0.133. The zero-order valence-electron chi connectivity index (χ0n) is 9.87. The first-order valence-corrected chi connectivity index (χ1v) is 5.40. The Bertz CT molecular complexity index is 462. The molecule has 2 rings (SSSR count). The van der Waals surface area contributed by atoms with Crippen molar-refractivity contribution in [1.82, 2.24) is 24.9 Å². The maximum atomic E-state index is 12.1. The summed E-state index contributed by atoms with van der Waals surface area (Å²) in [4.78, 5) is 13.8. The molecule has 90 valence electrons. The Hall–Kier alpha value is -2.11. The van der Waals surface area contributed by atoms with E-state index in [1.54, 1.807) is 47.5 Å². The standard InChI is InChI=1S/C11H15N5O/c1-9(16-5-3-4-14-16)11(17)15(2)8-10-6-12-13-7-10/h3-7,9H,8H2,1-2H3,(H,12,13). The minimum atomic E-state index is -0.290. The van der Waals surface area contributed by atoms with Crippen LogP contribution in [0.3, 0.4) is 0 Å². The van der Waals surface area contributed by atoms with Crippen molar-refractivity contribution in [2.24, 2.45) is 0 Å². The van der Waals surface area contributed by atoms with Gasteiger partial charge in [0.05, 0.1) is 6.20 Å². The topological polar surface area (TPSA) is 66.8 Å². The minimum absolute atomic E-state index is 0.0231. The number of nitrogens with one attached hydrogen (secondary N) is 1. The van der Waals surface area contributed by atoms with Crippen LogP contribution < -0.4 is 0 Å². The zero-order chi connectivity index (χ0) is 12.3. The lowest BCUT2D eigenvalue weighted by atomic mass is 10.2. The number of H-pyrrole nitrogens is 1. The molecule has 1 N–H and O–H groups in total. The van der Waals surface area contributed by atoms with Gasteiger partial charge in [-0.1, -0.05) is 0 Å². The third-order valence-corrected chi connectivity index (χ3v) is 2.63. The predicted molar refractivity (Wildman–Crippen MR) is 62.0 cm³/mol. The van der Waals surface area contributed by atoms with Crippen molar-refractivity contribution in [3.05, 3.63) is 36.4 Å². The van der Waals surface area contributed by atoms with Gasteiger partial charge in [0.1, 0.15) is 6.04 Å². The Morgan fingerprint density at radius 2 is 2.47 bits per heavy atom. The molecule has 17 heavy (non-hydrogen) atoms. The normalized spacial score (nSPS) is 12.4. The van der Waals surface area contributed by atoms with Crippen molar-refractivity contribution in [1.29, 1.82) is 0 Å². The highest BCUT2D eigenvalue weighted by atomic mass is 16.2. The van der Waals surface area contributed by atoms with E-state index in [-0.39, 0.29) is 11.9 Å². The van der Waals surface area contributed by atoms with E-state index in [0.29, 0.717) is 6.54 Å². The van der Waals surface area contributed by atoms with Crippen LogP contribution in [-0.2, 0) is 11.3 Å². The van der Waals surface area contributed by atoms with E-state index < -0.39 is 0 Å². The van der Waals surface area contributed by atoms with Gasteiger partial charge in [-0.3, -0.25) is 14.6 Å². The van der Waals surface area contributed by atoms with Crippen LogP contribution in [0.4, 0.5) is 0 Å². The number of aromatic nitrogens is 4. The van der Waals surface area contributed by atoms with Crippen molar-refractivity contribution in [2.75, 3.05) is 7.05 Å². The summed E-state index contributed by atoms with van der Waals surface area (Å²) < 4.78 is 1.65. The summed E-state index contributed by atoms with van der Waals surface area (Å²) in [7, 11) is 1.77. The van der Waals surface area contributed by atoms with E-state index in [4.69, 9.17) is 0 Å². The minimum Gasteiger partial charge on any atom is -0.339 e. The molecular formula is C11H15N5O. The number of carbonyl (C=O) groups excluding carboxylic acids is 1. The van der Waals surface area contributed by atoms with Gasteiger partial charge in [-0.15, -0.1) is 0 Å². The van der Waals surface area contributed by atoms with Crippen molar-refractivity contribution >= 4 is 5.91 Å². The van der Waals surface area contributed by atoms with Crippen molar-refractivity contribution in [2.45, 2.75) is 19.5 Å². The molecule has 1 unspecified atom stereocenters. The van der Waals surface area contributed by atoms with Crippen molar-refractivity contribution in [3.8, 4) is 0 Å². The van der Waals surface area contributed by atoms with Gasteiger partial charge in [0.15, 0.2) is 0 Å². The second-order valence-corrected chi connectivity index (χ2v) is 3.96. The lowest BCUT2D eigenvalue weighted by Gasteiger charge is -2.20. The highest BCUT2D eigenvalue weighted by molar-refractivity contribution is 5.79. The summed E-state index contributed by atoms with van der Waals surface area (Å²) in [5, 5.41) is 10.6. The Labute approximate surface area is 99.2 Å². The second-order valence-electron chi connectivity index (χ2n) is 3.96. The first kappa shape index (κ1) is 11.4. The molecule has 0 aliphatic rings. The zero-order valence-corrected chi connectivity index (χ0v) is 9.87. The molecule has 0 fully saturated rings. The smallest absolute Gasteiger partial charge is 0.247 e. The molecule has 0 saturated heterocycles. The maximum absolute atomic E-state index is 12.1. The summed E-state index contributed by atoms with van der Waals surface area (Å²) in [6.07, 6.45) is 6.94. The Kier molecular flexibility index (Phi) is 3.22. The molecule has 1 amide bonds. The van der Waals surface area contributed by atoms with E-state index in [1.807, 2.05) is 6.92 Å². The third kappa shape index (κ3) is 2.52. The fourth-order valence-corrected chi connectivity index (χ4v) is 1.66. The van der Waals surface area contributed by atoms with E-state index in [1.165, 1.54) is 0 Å². The van der Waals surface area contributed by atoms with Crippen molar-refractivity contribution in [3.63, 3.8) is 0 Å². The van der Waals surface area contributed by atoms with Crippen LogP contribution >= 0.6 is 0 Å². The summed E-state index contributed by atoms with van der Waals surface area (Å²) in [5.74, 6) is 0.0231. The molecular weight excluding hydrogens is 218 g/mol. The number of aromatic amines is 1. The summed E-state index contributed by atoms with van der Waals surface area (Å²) in [5.41, 5.74) is 0.980. The molecule has 0 aliphatic carbocycles. The number of rotatable bonds is 4. The van der Waals surface area contributed by atoms with E-state index in [9.17, 15) is 4.79 Å². The van der Waals surface area contributed by atoms with Crippen LogP contribution in [0, 0.1) is 0 Å². The van der Waals surface area contributed by atoms with Gasteiger partial charge in [-0.2, -0.15) is 10.2 Å². The van der Waals surface area contributed by atoms with Crippen LogP contribution in [0.25, 0.3) is 0 Å². The van der Waals surface area contributed by atoms with Gasteiger partial charge < -0.3 is 4.90 Å². The van der Waals surface area contributed by atoms with Gasteiger partial charge in [-0.25, -0.2) is 0 Å². The van der Waals surface area contributed by atoms with E-state index >= 15 is 0 Å². The molecule has 2 aromatic rings. The number of carbonyl (C=O) groups is 1. The summed E-state index contributed by atoms with van der Waals surface area (Å²) in [6, 6.07) is 1.52. The molecule has 0 aromatic carbocycles.